The molecule has 0 bridgehead atoms. The summed E-state index contributed by atoms with van der Waals surface area (Å²) in [6, 6.07) is 8.52. The summed E-state index contributed by atoms with van der Waals surface area (Å²) in [6.07, 6.45) is 0.555. The van der Waals surface area contributed by atoms with Crippen LogP contribution in [-0.2, 0) is 20.9 Å². The van der Waals surface area contributed by atoms with E-state index in [1.807, 2.05) is 37.3 Å². The lowest BCUT2D eigenvalue weighted by Crippen LogP contribution is -2.41. The number of carbonyl (C=O) groups excluding carboxylic acids is 2. The Kier molecular flexibility index (Phi) is 6.40. The standard InChI is InChI=1S/C17H23NO5/c1-2-3-9-22-17(21)18-11-14(19)10-15(18)16(20)23-12-13-7-5-4-6-8-13/h4-8,14-15,19H,2-3,9-12H2,1H3/t14?,15-/m0/s1. The molecule has 126 valence electrons. The highest BCUT2D eigenvalue weighted by atomic mass is 16.6. The molecule has 1 aromatic carbocycles. The first-order valence-electron chi connectivity index (χ1n) is 7.93. The van der Waals surface area contributed by atoms with Crippen molar-refractivity contribution in [3.63, 3.8) is 0 Å². The molecule has 1 unspecified atom stereocenters. The third kappa shape index (κ3) is 4.96. The molecule has 1 aromatic rings. The number of carbonyl (C=O) groups is 2. The highest BCUT2D eigenvalue weighted by molar-refractivity contribution is 5.82. The summed E-state index contributed by atoms with van der Waals surface area (Å²) in [5, 5.41) is 9.77. The summed E-state index contributed by atoms with van der Waals surface area (Å²) in [5.74, 6) is -0.516. The molecule has 0 saturated carbocycles. The van der Waals surface area contributed by atoms with Crippen LogP contribution < -0.4 is 0 Å². The summed E-state index contributed by atoms with van der Waals surface area (Å²) >= 11 is 0. The van der Waals surface area contributed by atoms with Crippen LogP contribution in [0.2, 0.25) is 0 Å². The van der Waals surface area contributed by atoms with Crippen LogP contribution in [0.4, 0.5) is 4.79 Å². The molecule has 1 heterocycles. The first kappa shape index (κ1) is 17.3. The summed E-state index contributed by atoms with van der Waals surface area (Å²) < 4.78 is 10.4. The van der Waals surface area contributed by atoms with Gasteiger partial charge in [0.1, 0.15) is 12.6 Å². The topological polar surface area (TPSA) is 76.1 Å². The van der Waals surface area contributed by atoms with Gasteiger partial charge in [-0.3, -0.25) is 4.90 Å². The molecule has 1 N–H and O–H groups in total. The maximum Gasteiger partial charge on any atom is 0.410 e. The molecule has 1 aliphatic heterocycles. The molecular formula is C17H23NO5. The van der Waals surface area contributed by atoms with Crippen LogP contribution >= 0.6 is 0 Å². The second-order valence-electron chi connectivity index (χ2n) is 5.62. The van der Waals surface area contributed by atoms with Crippen molar-refractivity contribution >= 4 is 12.1 Å². The van der Waals surface area contributed by atoms with E-state index in [4.69, 9.17) is 9.47 Å². The number of hydrogen-bond acceptors (Lipinski definition) is 5. The fourth-order valence-corrected chi connectivity index (χ4v) is 2.45. The number of benzene rings is 1. The summed E-state index contributed by atoms with van der Waals surface area (Å²) in [7, 11) is 0. The van der Waals surface area contributed by atoms with Crippen molar-refractivity contribution in [1.29, 1.82) is 0 Å². The van der Waals surface area contributed by atoms with E-state index in [0.717, 1.165) is 18.4 Å². The number of aliphatic hydroxyl groups is 1. The summed E-state index contributed by atoms with van der Waals surface area (Å²) in [5.41, 5.74) is 0.872. The van der Waals surface area contributed by atoms with Gasteiger partial charge < -0.3 is 14.6 Å². The molecule has 23 heavy (non-hydrogen) atoms. The quantitative estimate of drug-likeness (QED) is 0.641. The number of aliphatic hydroxyl groups excluding tert-OH is 1. The Balaban J connectivity index is 1.90. The molecule has 1 saturated heterocycles. The van der Waals surface area contributed by atoms with E-state index in [-0.39, 0.29) is 19.6 Å². The van der Waals surface area contributed by atoms with Crippen molar-refractivity contribution < 1.29 is 24.2 Å². The second-order valence-corrected chi connectivity index (χ2v) is 5.62. The van der Waals surface area contributed by atoms with Crippen LogP contribution in [0.15, 0.2) is 30.3 Å². The third-order valence-electron chi connectivity index (χ3n) is 3.73. The van der Waals surface area contributed by atoms with Gasteiger partial charge in [0.15, 0.2) is 0 Å². The average Bonchev–Trinajstić information content (AvgIpc) is 2.96. The molecule has 6 heteroatoms. The minimum absolute atomic E-state index is 0.0933. The first-order valence-corrected chi connectivity index (χ1v) is 7.93. The van der Waals surface area contributed by atoms with Crippen molar-refractivity contribution in [3.05, 3.63) is 35.9 Å². The van der Waals surface area contributed by atoms with Gasteiger partial charge in [-0.05, 0) is 12.0 Å². The molecule has 1 amide bonds. The van der Waals surface area contributed by atoms with Gasteiger partial charge in [0.2, 0.25) is 0 Å². The molecule has 2 rings (SSSR count). The number of hydrogen-bond donors (Lipinski definition) is 1. The van der Waals surface area contributed by atoms with E-state index in [0.29, 0.717) is 6.61 Å². The highest BCUT2D eigenvalue weighted by Crippen LogP contribution is 2.21. The van der Waals surface area contributed by atoms with Crippen LogP contribution in [-0.4, -0.2) is 47.4 Å². The van der Waals surface area contributed by atoms with Gasteiger partial charge in [0.25, 0.3) is 0 Å². The average molecular weight is 321 g/mol. The summed E-state index contributed by atoms with van der Waals surface area (Å²) in [4.78, 5) is 25.5. The Morgan fingerprint density at radius 3 is 2.70 bits per heavy atom. The van der Waals surface area contributed by atoms with Crippen LogP contribution in [0.1, 0.15) is 31.7 Å². The molecule has 6 nitrogen and oxygen atoms in total. The van der Waals surface area contributed by atoms with Crippen molar-refractivity contribution in [2.75, 3.05) is 13.2 Å². The summed E-state index contributed by atoms with van der Waals surface area (Å²) in [6.45, 7) is 2.55. The predicted octanol–water partition coefficient (Wildman–Crippen LogP) is 2.10. The molecule has 2 atom stereocenters. The number of amides is 1. The molecular weight excluding hydrogens is 298 g/mol. The third-order valence-corrected chi connectivity index (χ3v) is 3.73. The van der Waals surface area contributed by atoms with Gasteiger partial charge in [-0.1, -0.05) is 43.7 Å². The zero-order valence-electron chi connectivity index (χ0n) is 13.3. The number of unbranched alkanes of at least 4 members (excludes halogenated alkanes) is 1. The lowest BCUT2D eigenvalue weighted by molar-refractivity contribution is -0.149. The molecule has 0 spiro atoms. The molecule has 1 fully saturated rings. The van der Waals surface area contributed by atoms with Gasteiger partial charge in [-0.15, -0.1) is 0 Å². The number of ether oxygens (including phenoxy) is 2. The smallest absolute Gasteiger partial charge is 0.410 e. The SMILES string of the molecule is CCCCOC(=O)N1CC(O)C[C@H]1C(=O)OCc1ccccc1. The Morgan fingerprint density at radius 2 is 2.00 bits per heavy atom. The number of rotatable bonds is 6. The zero-order chi connectivity index (χ0) is 16.7. The number of nitrogens with zero attached hydrogens (tertiary/aromatic N) is 1. The molecule has 0 aromatic heterocycles. The monoisotopic (exact) mass is 321 g/mol. The molecule has 0 aliphatic carbocycles. The normalized spacial score (nSPS) is 20.3. The van der Waals surface area contributed by atoms with Gasteiger partial charge in [-0.25, -0.2) is 9.59 Å². The Hall–Kier alpha value is -2.08. The Labute approximate surface area is 136 Å². The van der Waals surface area contributed by atoms with Gasteiger partial charge in [-0.2, -0.15) is 0 Å². The maximum absolute atomic E-state index is 12.2. The van der Waals surface area contributed by atoms with Crippen LogP contribution in [0.3, 0.4) is 0 Å². The number of β-amino-alcohol motifs (C(OH)–C–C–N with tert-alkyl or cyclic N) is 1. The van der Waals surface area contributed by atoms with Crippen molar-refractivity contribution in [2.45, 2.75) is 44.9 Å². The van der Waals surface area contributed by atoms with E-state index < -0.39 is 24.2 Å². The van der Waals surface area contributed by atoms with Crippen molar-refractivity contribution in [2.24, 2.45) is 0 Å². The van der Waals surface area contributed by atoms with Crippen molar-refractivity contribution in [3.8, 4) is 0 Å². The Bertz CT molecular complexity index is 519. The van der Waals surface area contributed by atoms with Crippen LogP contribution in [0, 0.1) is 0 Å². The van der Waals surface area contributed by atoms with Crippen molar-refractivity contribution in [1.82, 2.24) is 4.90 Å². The molecule has 1 aliphatic rings. The lowest BCUT2D eigenvalue weighted by atomic mass is 10.2. The van der Waals surface area contributed by atoms with Gasteiger partial charge >= 0.3 is 12.1 Å². The van der Waals surface area contributed by atoms with E-state index in [1.165, 1.54) is 4.90 Å². The molecule has 0 radical (unpaired) electrons. The fraction of sp³-hybridized carbons (Fsp3) is 0.529. The predicted molar refractivity (Wildman–Crippen MR) is 83.6 cm³/mol. The highest BCUT2D eigenvalue weighted by Gasteiger charge is 2.40. The zero-order valence-corrected chi connectivity index (χ0v) is 13.3. The van der Waals surface area contributed by atoms with Crippen LogP contribution in [0.25, 0.3) is 0 Å². The largest absolute Gasteiger partial charge is 0.459 e. The lowest BCUT2D eigenvalue weighted by Gasteiger charge is -2.22. The minimum atomic E-state index is -0.789. The number of likely N-dealkylation sites (tertiary alicyclic amines) is 1. The van der Waals surface area contributed by atoms with Crippen LogP contribution in [0.5, 0.6) is 0 Å². The number of esters is 1. The fourth-order valence-electron chi connectivity index (χ4n) is 2.45. The first-order chi connectivity index (χ1) is 11.1. The van der Waals surface area contributed by atoms with E-state index >= 15 is 0 Å². The van der Waals surface area contributed by atoms with E-state index in [1.54, 1.807) is 0 Å². The Morgan fingerprint density at radius 1 is 1.26 bits per heavy atom. The minimum Gasteiger partial charge on any atom is -0.459 e. The maximum atomic E-state index is 12.2. The van der Waals surface area contributed by atoms with Gasteiger partial charge in [0.05, 0.1) is 19.3 Å². The second kappa shape index (κ2) is 8.53. The van der Waals surface area contributed by atoms with E-state index in [2.05, 4.69) is 0 Å². The van der Waals surface area contributed by atoms with Gasteiger partial charge in [0, 0.05) is 6.42 Å². The van der Waals surface area contributed by atoms with E-state index in [9.17, 15) is 14.7 Å².